The van der Waals surface area contributed by atoms with Gasteiger partial charge >= 0.3 is 5.97 Å². The molecular weight excluding hydrogens is 374 g/mol. The summed E-state index contributed by atoms with van der Waals surface area (Å²) in [4.78, 5) is 42.7. The molecule has 1 aromatic carbocycles. The summed E-state index contributed by atoms with van der Waals surface area (Å²) in [5, 5.41) is 10.5. The highest BCUT2D eigenvalue weighted by atomic mass is 16.5. The minimum absolute atomic E-state index is 0.126. The lowest BCUT2D eigenvalue weighted by Gasteiger charge is -2.28. The maximum absolute atomic E-state index is 12.7. The number of carbonyl (C=O) groups is 1. The molecule has 29 heavy (non-hydrogen) atoms. The molecule has 8 heteroatoms. The smallest absolute Gasteiger partial charge is 0.341 e. The number of ether oxygens (including phenoxy) is 1. The molecule has 5 rings (SSSR count). The fraction of sp³-hybridized carbons (Fsp3) is 0.143. The van der Waals surface area contributed by atoms with Gasteiger partial charge in [0.2, 0.25) is 11.0 Å². The van der Waals surface area contributed by atoms with Crippen LogP contribution in [0.15, 0.2) is 52.3 Å². The Hall–Kier alpha value is -3.94. The highest BCUT2D eigenvalue weighted by Gasteiger charge is 2.26. The second-order valence-corrected chi connectivity index (χ2v) is 7.07. The first-order valence-electron chi connectivity index (χ1n) is 9.01. The van der Waals surface area contributed by atoms with E-state index in [-0.39, 0.29) is 17.2 Å². The van der Waals surface area contributed by atoms with Gasteiger partial charge in [0.25, 0.3) is 0 Å². The van der Waals surface area contributed by atoms with E-state index in [1.807, 2.05) is 13.0 Å². The molecule has 1 aliphatic rings. The van der Waals surface area contributed by atoms with Gasteiger partial charge in [-0.3, -0.25) is 9.59 Å². The minimum atomic E-state index is -1.25. The number of fused-ring (bicyclic) bond motifs is 1. The van der Waals surface area contributed by atoms with Crippen LogP contribution in [0.2, 0.25) is 0 Å². The first kappa shape index (κ1) is 17.2. The van der Waals surface area contributed by atoms with Crippen molar-refractivity contribution in [2.75, 3.05) is 6.61 Å². The lowest BCUT2D eigenvalue weighted by atomic mass is 10.00. The van der Waals surface area contributed by atoms with Gasteiger partial charge in [-0.25, -0.2) is 9.78 Å². The summed E-state index contributed by atoms with van der Waals surface area (Å²) in [6.45, 7) is 2.24. The standard InChI is InChI=1S/C21H15N3O5/c1-10-9-29-19-13(12-6-11-2-5-16(25)23-20(11)22-7-12)3-4-14-17(19)24(10)8-15(18(14)26)21(27)28/h2-8,10H,9H2,1H3,(H,27,28)(H,22,23,25)/t10-/m0/s1. The maximum Gasteiger partial charge on any atom is 0.341 e. The molecule has 4 aromatic rings. The van der Waals surface area contributed by atoms with Crippen molar-refractivity contribution in [2.45, 2.75) is 13.0 Å². The summed E-state index contributed by atoms with van der Waals surface area (Å²) in [6.07, 6.45) is 3.02. The molecular formula is C21H15N3O5. The first-order chi connectivity index (χ1) is 13.9. The molecule has 2 N–H and O–H groups in total. The van der Waals surface area contributed by atoms with Crippen molar-refractivity contribution in [2.24, 2.45) is 0 Å². The molecule has 0 unspecified atom stereocenters. The van der Waals surface area contributed by atoms with E-state index in [2.05, 4.69) is 9.97 Å². The maximum atomic E-state index is 12.7. The van der Waals surface area contributed by atoms with E-state index in [4.69, 9.17) is 4.74 Å². The van der Waals surface area contributed by atoms with Crippen LogP contribution in [-0.2, 0) is 0 Å². The fourth-order valence-corrected chi connectivity index (χ4v) is 3.76. The van der Waals surface area contributed by atoms with Crippen molar-refractivity contribution in [3.05, 3.63) is 68.9 Å². The molecule has 144 valence electrons. The molecule has 4 heterocycles. The Morgan fingerprint density at radius 2 is 2.10 bits per heavy atom. The van der Waals surface area contributed by atoms with Crippen molar-refractivity contribution in [3.8, 4) is 16.9 Å². The lowest BCUT2D eigenvalue weighted by molar-refractivity contribution is 0.0694. The van der Waals surface area contributed by atoms with Crippen molar-refractivity contribution < 1.29 is 14.6 Å². The number of aromatic amines is 1. The Morgan fingerprint density at radius 3 is 2.90 bits per heavy atom. The number of aromatic carboxylic acids is 1. The molecule has 0 saturated carbocycles. The van der Waals surface area contributed by atoms with E-state index < -0.39 is 11.4 Å². The topological polar surface area (TPSA) is 114 Å². The Kier molecular flexibility index (Phi) is 3.57. The van der Waals surface area contributed by atoms with Gasteiger partial charge < -0.3 is 19.4 Å². The summed E-state index contributed by atoms with van der Waals surface area (Å²) in [5.74, 6) is -0.738. The SMILES string of the molecule is C[C@H]1COc2c(-c3cnc4[nH]c(=O)ccc4c3)ccc3c(=O)c(C(=O)O)cn1c23. The number of pyridine rings is 3. The predicted octanol–water partition coefficient (Wildman–Crippen LogP) is 2.56. The van der Waals surface area contributed by atoms with Crippen LogP contribution in [0.1, 0.15) is 23.3 Å². The first-order valence-corrected chi connectivity index (χ1v) is 9.01. The van der Waals surface area contributed by atoms with E-state index >= 15 is 0 Å². The number of rotatable bonds is 2. The number of hydrogen-bond donors (Lipinski definition) is 2. The largest absolute Gasteiger partial charge is 0.489 e. The number of benzene rings is 1. The van der Waals surface area contributed by atoms with Gasteiger partial charge in [-0.15, -0.1) is 0 Å². The van der Waals surface area contributed by atoms with Gasteiger partial charge in [0, 0.05) is 35.0 Å². The second kappa shape index (κ2) is 6.03. The van der Waals surface area contributed by atoms with Gasteiger partial charge in [0.15, 0.2) is 5.75 Å². The van der Waals surface area contributed by atoms with Gasteiger partial charge in [0.05, 0.1) is 16.9 Å². The Bertz CT molecular complexity index is 1450. The van der Waals surface area contributed by atoms with E-state index in [0.717, 1.165) is 16.5 Å². The third-order valence-electron chi connectivity index (χ3n) is 5.21. The Labute approximate surface area is 163 Å². The number of carboxylic acids is 1. The zero-order chi connectivity index (χ0) is 20.3. The molecule has 0 fully saturated rings. The molecule has 3 aromatic heterocycles. The summed E-state index contributed by atoms with van der Waals surface area (Å²) < 4.78 is 7.77. The van der Waals surface area contributed by atoms with Gasteiger partial charge in [-0.1, -0.05) is 0 Å². The molecule has 0 amide bonds. The van der Waals surface area contributed by atoms with Gasteiger partial charge in [-0.2, -0.15) is 0 Å². The van der Waals surface area contributed by atoms with E-state index in [1.54, 1.807) is 29.0 Å². The number of aromatic nitrogens is 3. The molecule has 1 aliphatic heterocycles. The quantitative estimate of drug-likeness (QED) is 0.545. The fourth-order valence-electron chi connectivity index (χ4n) is 3.76. The van der Waals surface area contributed by atoms with Crippen molar-refractivity contribution >= 4 is 27.9 Å². The summed E-state index contributed by atoms with van der Waals surface area (Å²) in [6, 6.07) is 8.23. The number of nitrogens with one attached hydrogen (secondary N) is 1. The van der Waals surface area contributed by atoms with Crippen LogP contribution in [0.4, 0.5) is 0 Å². The molecule has 1 atom stereocenters. The monoisotopic (exact) mass is 389 g/mol. The molecule has 0 aliphatic carbocycles. The summed E-state index contributed by atoms with van der Waals surface area (Å²) >= 11 is 0. The van der Waals surface area contributed by atoms with E-state index in [1.165, 1.54) is 12.3 Å². The number of hydrogen-bond acceptors (Lipinski definition) is 5. The normalized spacial score (nSPS) is 15.4. The molecule has 8 nitrogen and oxygen atoms in total. The predicted molar refractivity (Wildman–Crippen MR) is 107 cm³/mol. The van der Waals surface area contributed by atoms with Crippen LogP contribution in [-0.4, -0.2) is 32.2 Å². The molecule has 0 bridgehead atoms. The molecule has 0 radical (unpaired) electrons. The van der Waals surface area contributed by atoms with Crippen molar-refractivity contribution in [3.63, 3.8) is 0 Å². The average molecular weight is 389 g/mol. The molecule has 0 saturated heterocycles. The van der Waals surface area contributed by atoms with Crippen LogP contribution in [0, 0.1) is 0 Å². The third kappa shape index (κ3) is 2.53. The van der Waals surface area contributed by atoms with Gasteiger partial charge in [-0.05, 0) is 31.2 Å². The highest BCUT2D eigenvalue weighted by molar-refractivity contribution is 5.98. The van der Waals surface area contributed by atoms with E-state index in [0.29, 0.717) is 28.9 Å². The Morgan fingerprint density at radius 1 is 1.28 bits per heavy atom. The van der Waals surface area contributed by atoms with Crippen LogP contribution < -0.4 is 15.7 Å². The van der Waals surface area contributed by atoms with Crippen LogP contribution in [0.5, 0.6) is 5.75 Å². The number of carboxylic acid groups (broad SMARTS) is 1. The number of nitrogens with zero attached hydrogens (tertiary/aromatic N) is 2. The third-order valence-corrected chi connectivity index (χ3v) is 5.21. The lowest BCUT2D eigenvalue weighted by Crippen LogP contribution is -2.26. The van der Waals surface area contributed by atoms with Crippen LogP contribution in [0.25, 0.3) is 33.1 Å². The minimum Gasteiger partial charge on any atom is -0.489 e. The highest BCUT2D eigenvalue weighted by Crippen LogP contribution is 2.40. The van der Waals surface area contributed by atoms with Gasteiger partial charge in [0.1, 0.15) is 17.8 Å². The molecule has 0 spiro atoms. The van der Waals surface area contributed by atoms with Crippen molar-refractivity contribution in [1.29, 1.82) is 0 Å². The van der Waals surface area contributed by atoms with E-state index in [9.17, 15) is 19.5 Å². The summed E-state index contributed by atoms with van der Waals surface area (Å²) in [7, 11) is 0. The zero-order valence-corrected chi connectivity index (χ0v) is 15.3. The number of H-pyrrole nitrogens is 1. The van der Waals surface area contributed by atoms with Crippen molar-refractivity contribution in [1.82, 2.24) is 14.5 Å². The zero-order valence-electron chi connectivity index (χ0n) is 15.3. The average Bonchev–Trinajstić information content (AvgIpc) is 2.71. The van der Waals surface area contributed by atoms with Crippen LogP contribution in [0.3, 0.4) is 0 Å². The second-order valence-electron chi connectivity index (χ2n) is 7.07. The van der Waals surface area contributed by atoms with Crippen LogP contribution >= 0.6 is 0 Å². The summed E-state index contributed by atoms with van der Waals surface area (Å²) in [5.41, 5.74) is 1.52. The Balaban J connectivity index is 1.82.